The van der Waals surface area contributed by atoms with Crippen molar-refractivity contribution < 1.29 is 9.53 Å². The molecule has 1 unspecified atom stereocenters. The molecule has 3 heteroatoms. The van der Waals surface area contributed by atoms with E-state index in [0.29, 0.717) is 6.54 Å². The van der Waals surface area contributed by atoms with Crippen LogP contribution < -0.4 is 9.64 Å². The van der Waals surface area contributed by atoms with Gasteiger partial charge < -0.3 is 9.64 Å². The van der Waals surface area contributed by atoms with Crippen LogP contribution >= 0.6 is 0 Å². The second-order valence-electron chi connectivity index (χ2n) is 5.00. The van der Waals surface area contributed by atoms with Crippen LogP contribution in [0.15, 0.2) is 61.2 Å². The van der Waals surface area contributed by atoms with Crippen molar-refractivity contribution >= 4 is 11.6 Å². The average Bonchev–Trinajstić information content (AvgIpc) is 2.81. The van der Waals surface area contributed by atoms with Gasteiger partial charge in [0.15, 0.2) is 0 Å². The van der Waals surface area contributed by atoms with Gasteiger partial charge in [-0.05, 0) is 29.3 Å². The fourth-order valence-electron chi connectivity index (χ4n) is 2.82. The third-order valence-corrected chi connectivity index (χ3v) is 3.81. The Kier molecular flexibility index (Phi) is 3.48. The smallest absolute Gasteiger partial charge is 0.239 e. The molecule has 1 aliphatic rings. The number of anilines is 1. The van der Waals surface area contributed by atoms with Gasteiger partial charge in [-0.1, -0.05) is 36.4 Å². The fourth-order valence-corrected chi connectivity index (χ4v) is 2.82. The number of fused-ring (bicyclic) bond motifs is 1. The molecule has 3 nitrogen and oxygen atoms in total. The number of methoxy groups -OCH3 is 1. The summed E-state index contributed by atoms with van der Waals surface area (Å²) >= 11 is 0. The van der Waals surface area contributed by atoms with Gasteiger partial charge in [-0.3, -0.25) is 4.79 Å². The van der Waals surface area contributed by atoms with E-state index in [4.69, 9.17) is 4.74 Å². The van der Waals surface area contributed by atoms with E-state index in [0.717, 1.165) is 22.6 Å². The SMILES string of the molecule is C=CCN1C(=O)C(c2ccc(OC)cc2)c2ccccc21. The van der Waals surface area contributed by atoms with E-state index >= 15 is 0 Å². The zero-order valence-corrected chi connectivity index (χ0v) is 12.0. The third kappa shape index (κ3) is 2.21. The van der Waals surface area contributed by atoms with E-state index in [9.17, 15) is 4.79 Å². The lowest BCUT2D eigenvalue weighted by Gasteiger charge is -2.15. The highest BCUT2D eigenvalue weighted by Crippen LogP contribution is 2.41. The van der Waals surface area contributed by atoms with Crippen LogP contribution in [0.3, 0.4) is 0 Å². The summed E-state index contributed by atoms with van der Waals surface area (Å²) in [5.74, 6) is 0.647. The molecule has 0 spiro atoms. The van der Waals surface area contributed by atoms with E-state index in [2.05, 4.69) is 6.58 Å². The van der Waals surface area contributed by atoms with Crippen molar-refractivity contribution in [3.05, 3.63) is 72.3 Å². The van der Waals surface area contributed by atoms with Gasteiger partial charge in [-0.2, -0.15) is 0 Å². The Hall–Kier alpha value is -2.55. The first-order valence-electron chi connectivity index (χ1n) is 6.91. The molecule has 0 saturated heterocycles. The molecule has 1 heterocycles. The number of nitrogens with zero attached hydrogens (tertiary/aromatic N) is 1. The summed E-state index contributed by atoms with van der Waals surface area (Å²) in [5, 5.41) is 0. The Morgan fingerprint density at radius 1 is 1.19 bits per heavy atom. The van der Waals surface area contributed by atoms with Crippen LogP contribution in [-0.4, -0.2) is 19.6 Å². The summed E-state index contributed by atoms with van der Waals surface area (Å²) in [7, 11) is 1.64. The maximum absolute atomic E-state index is 12.8. The number of hydrogen-bond acceptors (Lipinski definition) is 2. The number of benzene rings is 2. The highest BCUT2D eigenvalue weighted by molar-refractivity contribution is 6.07. The molecule has 0 fully saturated rings. The first-order valence-corrected chi connectivity index (χ1v) is 6.91. The van der Waals surface area contributed by atoms with Crippen LogP contribution in [0.5, 0.6) is 5.75 Å². The maximum atomic E-state index is 12.8. The molecular weight excluding hydrogens is 262 g/mol. The fraction of sp³-hybridized carbons (Fsp3) is 0.167. The number of carbonyl (C=O) groups excluding carboxylic acids is 1. The minimum Gasteiger partial charge on any atom is -0.497 e. The Morgan fingerprint density at radius 3 is 2.57 bits per heavy atom. The molecule has 21 heavy (non-hydrogen) atoms. The van der Waals surface area contributed by atoms with Gasteiger partial charge in [0, 0.05) is 12.2 Å². The zero-order valence-electron chi connectivity index (χ0n) is 12.0. The quantitative estimate of drug-likeness (QED) is 0.803. The molecular formula is C18H17NO2. The summed E-state index contributed by atoms with van der Waals surface area (Å²) in [6, 6.07) is 15.6. The summed E-state index contributed by atoms with van der Waals surface area (Å²) in [6.07, 6.45) is 1.76. The molecule has 1 atom stereocenters. The first-order chi connectivity index (χ1) is 10.3. The molecule has 3 rings (SSSR count). The molecule has 0 aliphatic carbocycles. The Balaban J connectivity index is 2.05. The molecule has 2 aromatic carbocycles. The van der Waals surface area contributed by atoms with Crippen LogP contribution in [0.1, 0.15) is 17.0 Å². The van der Waals surface area contributed by atoms with Gasteiger partial charge in [-0.15, -0.1) is 6.58 Å². The highest BCUT2D eigenvalue weighted by atomic mass is 16.5. The van der Waals surface area contributed by atoms with Crippen LogP contribution in [0.2, 0.25) is 0 Å². The second-order valence-corrected chi connectivity index (χ2v) is 5.00. The van der Waals surface area contributed by atoms with Crippen LogP contribution in [0.4, 0.5) is 5.69 Å². The number of rotatable bonds is 4. The summed E-state index contributed by atoms with van der Waals surface area (Å²) in [4.78, 5) is 14.5. The van der Waals surface area contributed by atoms with Crippen LogP contribution in [0, 0.1) is 0 Å². The van der Waals surface area contributed by atoms with E-state index < -0.39 is 0 Å². The molecule has 0 radical (unpaired) electrons. The van der Waals surface area contributed by atoms with Crippen molar-refractivity contribution in [3.8, 4) is 5.75 Å². The lowest BCUT2D eigenvalue weighted by atomic mass is 9.92. The summed E-state index contributed by atoms with van der Waals surface area (Å²) in [5.41, 5.74) is 3.01. The topological polar surface area (TPSA) is 29.5 Å². The van der Waals surface area contributed by atoms with E-state index in [1.807, 2.05) is 48.5 Å². The molecule has 0 saturated carbocycles. The standard InChI is InChI=1S/C18H17NO2/c1-3-12-19-16-7-5-4-6-15(16)17(18(19)20)13-8-10-14(21-2)11-9-13/h3-11,17H,1,12H2,2H3. The molecule has 0 N–H and O–H groups in total. The number of hydrogen-bond donors (Lipinski definition) is 0. The Morgan fingerprint density at radius 2 is 1.90 bits per heavy atom. The lowest BCUT2D eigenvalue weighted by molar-refractivity contribution is -0.118. The predicted molar refractivity (Wildman–Crippen MR) is 83.8 cm³/mol. The van der Waals surface area contributed by atoms with Gasteiger partial charge in [-0.25, -0.2) is 0 Å². The molecule has 0 bridgehead atoms. The van der Waals surface area contributed by atoms with Gasteiger partial charge in [0.05, 0.1) is 13.0 Å². The predicted octanol–water partition coefficient (Wildman–Crippen LogP) is 3.36. The minimum atomic E-state index is -0.243. The molecule has 106 valence electrons. The highest BCUT2D eigenvalue weighted by Gasteiger charge is 2.37. The maximum Gasteiger partial charge on any atom is 0.239 e. The summed E-state index contributed by atoms with van der Waals surface area (Å²) in [6.45, 7) is 4.27. The van der Waals surface area contributed by atoms with E-state index in [-0.39, 0.29) is 11.8 Å². The number of para-hydroxylation sites is 1. The second kappa shape index (κ2) is 5.44. The number of amides is 1. The zero-order chi connectivity index (χ0) is 14.8. The molecule has 2 aromatic rings. The average molecular weight is 279 g/mol. The monoisotopic (exact) mass is 279 g/mol. The van der Waals surface area contributed by atoms with Crippen molar-refractivity contribution in [2.24, 2.45) is 0 Å². The lowest BCUT2D eigenvalue weighted by Crippen LogP contribution is -2.29. The first kappa shape index (κ1) is 13.4. The van der Waals surface area contributed by atoms with Gasteiger partial charge >= 0.3 is 0 Å². The van der Waals surface area contributed by atoms with Crippen molar-refractivity contribution in [1.82, 2.24) is 0 Å². The van der Waals surface area contributed by atoms with Crippen LogP contribution in [-0.2, 0) is 4.79 Å². The third-order valence-electron chi connectivity index (χ3n) is 3.81. The van der Waals surface area contributed by atoms with Crippen molar-refractivity contribution in [2.75, 3.05) is 18.6 Å². The van der Waals surface area contributed by atoms with Crippen molar-refractivity contribution in [3.63, 3.8) is 0 Å². The minimum absolute atomic E-state index is 0.0984. The van der Waals surface area contributed by atoms with Crippen molar-refractivity contribution in [2.45, 2.75) is 5.92 Å². The number of carbonyl (C=O) groups is 1. The molecule has 1 aliphatic heterocycles. The Bertz CT molecular complexity index is 676. The number of ether oxygens (including phenoxy) is 1. The van der Waals surface area contributed by atoms with Gasteiger partial charge in [0.2, 0.25) is 5.91 Å². The molecule has 0 aromatic heterocycles. The van der Waals surface area contributed by atoms with Crippen LogP contribution in [0.25, 0.3) is 0 Å². The van der Waals surface area contributed by atoms with E-state index in [1.54, 1.807) is 18.1 Å². The summed E-state index contributed by atoms with van der Waals surface area (Å²) < 4.78 is 5.18. The Labute approximate surface area is 124 Å². The van der Waals surface area contributed by atoms with Gasteiger partial charge in [0.1, 0.15) is 5.75 Å². The largest absolute Gasteiger partial charge is 0.497 e. The normalized spacial score (nSPS) is 16.7. The van der Waals surface area contributed by atoms with Gasteiger partial charge in [0.25, 0.3) is 0 Å². The molecule has 1 amide bonds. The van der Waals surface area contributed by atoms with E-state index in [1.165, 1.54) is 0 Å². The van der Waals surface area contributed by atoms with Crippen molar-refractivity contribution in [1.29, 1.82) is 0 Å².